The highest BCUT2D eigenvalue weighted by molar-refractivity contribution is 5.94. The molecule has 270 valence electrons. The molecule has 0 aliphatic heterocycles. The second-order valence-electron chi connectivity index (χ2n) is 12.7. The molecule has 0 fully saturated rings. The van der Waals surface area contributed by atoms with Crippen LogP contribution in [0.25, 0.3) is 0 Å². The van der Waals surface area contributed by atoms with E-state index in [0.29, 0.717) is 79.4 Å². The number of hydrogen-bond donors (Lipinski definition) is 4. The van der Waals surface area contributed by atoms with Crippen LogP contribution < -0.4 is 16.0 Å². The van der Waals surface area contributed by atoms with Crippen molar-refractivity contribution in [2.24, 2.45) is 0 Å². The number of ether oxygens (including phenoxy) is 1. The second-order valence-corrected chi connectivity index (χ2v) is 12.7. The van der Waals surface area contributed by atoms with Crippen molar-refractivity contribution in [1.82, 2.24) is 15.6 Å². The van der Waals surface area contributed by atoms with Gasteiger partial charge in [0.2, 0.25) is 5.91 Å². The van der Waals surface area contributed by atoms with E-state index in [2.05, 4.69) is 25.7 Å². The number of aliphatic carboxylic acids is 1. The molecule has 2 aromatic carbocycles. The first kappa shape index (κ1) is 38.4. The third-order valence-electron chi connectivity index (χ3n) is 9.01. The standard InChI is InChI=1S/C22H25F2N3O3.C15H19F2NO2/c1-3-4-19(21(28)27-20-8-6-14(12-25-20)22(29)30-2)26-16-7-5-13-9-15(23)10-18(24)17(13)11-16;1-2-3-14(15(19)20)18-11-5-4-9-6-10(16)7-13(17)12(9)8-11/h6,8-10,12,16,19,26H,3-5,7,11H2,1-2H3,(H,25,27,28);6-7,11,14,18H,2-5,8H2,1H3,(H,19,20). The third-order valence-corrected chi connectivity index (χ3v) is 9.01. The van der Waals surface area contributed by atoms with Crippen molar-refractivity contribution in [2.75, 3.05) is 12.4 Å². The number of amides is 1. The number of methoxy groups -OCH3 is 1. The molecule has 0 saturated carbocycles. The van der Waals surface area contributed by atoms with Crippen LogP contribution >= 0.6 is 0 Å². The predicted octanol–water partition coefficient (Wildman–Crippen LogP) is 6.07. The van der Waals surface area contributed by atoms with Gasteiger partial charge < -0.3 is 25.8 Å². The first-order valence-corrected chi connectivity index (χ1v) is 17.0. The molecule has 4 atom stereocenters. The van der Waals surface area contributed by atoms with Crippen LogP contribution in [0.4, 0.5) is 23.4 Å². The molecule has 4 N–H and O–H groups in total. The lowest BCUT2D eigenvalue weighted by atomic mass is 9.87. The molecule has 2 aliphatic rings. The zero-order valence-electron chi connectivity index (χ0n) is 28.5. The fraction of sp³-hybridized carbons (Fsp3) is 0.459. The van der Waals surface area contributed by atoms with Crippen molar-refractivity contribution in [3.05, 3.63) is 93.7 Å². The van der Waals surface area contributed by atoms with Crippen molar-refractivity contribution >= 4 is 23.7 Å². The van der Waals surface area contributed by atoms with E-state index in [1.807, 2.05) is 13.8 Å². The van der Waals surface area contributed by atoms with Gasteiger partial charge in [0.15, 0.2) is 0 Å². The molecule has 0 radical (unpaired) electrons. The molecule has 13 heteroatoms. The van der Waals surface area contributed by atoms with E-state index in [1.165, 1.54) is 37.6 Å². The average molecular weight is 701 g/mol. The van der Waals surface area contributed by atoms with Crippen LogP contribution in [0.1, 0.15) is 85.0 Å². The molecule has 1 aromatic heterocycles. The Labute approximate surface area is 289 Å². The summed E-state index contributed by atoms with van der Waals surface area (Å²) < 4.78 is 59.1. The number of rotatable bonds is 12. The number of aryl methyl sites for hydroxylation is 2. The Morgan fingerprint density at radius 2 is 1.36 bits per heavy atom. The number of halogens is 4. The topological polar surface area (TPSA) is 130 Å². The van der Waals surface area contributed by atoms with Gasteiger partial charge in [0.05, 0.1) is 18.7 Å². The number of nitrogens with one attached hydrogen (secondary N) is 3. The fourth-order valence-corrected chi connectivity index (χ4v) is 6.49. The highest BCUT2D eigenvalue weighted by atomic mass is 19.1. The molecule has 9 nitrogen and oxygen atoms in total. The second kappa shape index (κ2) is 18.0. The minimum atomic E-state index is -0.878. The van der Waals surface area contributed by atoms with Gasteiger partial charge >= 0.3 is 11.9 Å². The summed E-state index contributed by atoms with van der Waals surface area (Å²) >= 11 is 0. The number of nitrogens with zero attached hydrogens (tertiary/aromatic N) is 1. The van der Waals surface area contributed by atoms with Crippen LogP contribution in [-0.4, -0.2) is 59.2 Å². The van der Waals surface area contributed by atoms with Gasteiger partial charge in [-0.1, -0.05) is 26.7 Å². The van der Waals surface area contributed by atoms with E-state index < -0.39 is 47.3 Å². The van der Waals surface area contributed by atoms with Crippen LogP contribution in [0, 0.1) is 23.3 Å². The Morgan fingerprint density at radius 3 is 1.82 bits per heavy atom. The number of carbonyl (C=O) groups excluding carboxylic acids is 2. The van der Waals surface area contributed by atoms with Crippen molar-refractivity contribution in [3.63, 3.8) is 0 Å². The molecule has 3 aromatic rings. The number of fused-ring (bicyclic) bond motifs is 2. The summed E-state index contributed by atoms with van der Waals surface area (Å²) in [5.74, 6) is -3.50. The predicted molar refractivity (Wildman–Crippen MR) is 180 cm³/mol. The minimum Gasteiger partial charge on any atom is -0.480 e. The Morgan fingerprint density at radius 1 is 0.840 bits per heavy atom. The highest BCUT2D eigenvalue weighted by Gasteiger charge is 2.28. The van der Waals surface area contributed by atoms with E-state index in [-0.39, 0.29) is 23.6 Å². The lowest BCUT2D eigenvalue weighted by Gasteiger charge is -2.29. The Kier molecular flexibility index (Phi) is 13.9. The summed E-state index contributed by atoms with van der Waals surface area (Å²) in [4.78, 5) is 39.5. The van der Waals surface area contributed by atoms with Gasteiger partial charge in [0.1, 0.15) is 35.1 Å². The average Bonchev–Trinajstić information content (AvgIpc) is 3.08. The van der Waals surface area contributed by atoms with Gasteiger partial charge in [-0.25, -0.2) is 27.3 Å². The van der Waals surface area contributed by atoms with Crippen LogP contribution in [0.15, 0.2) is 42.6 Å². The Balaban J connectivity index is 0.000000244. The number of carbonyl (C=O) groups is 3. The van der Waals surface area contributed by atoms with E-state index in [9.17, 15) is 31.9 Å². The summed E-state index contributed by atoms with van der Waals surface area (Å²) in [5, 5.41) is 18.3. The van der Waals surface area contributed by atoms with E-state index in [0.717, 1.165) is 25.0 Å². The molecular formula is C37H44F4N4O5. The molecule has 4 unspecified atom stereocenters. The van der Waals surface area contributed by atoms with Crippen LogP contribution in [0.3, 0.4) is 0 Å². The zero-order chi connectivity index (χ0) is 36.4. The lowest BCUT2D eigenvalue weighted by Crippen LogP contribution is -2.48. The zero-order valence-corrected chi connectivity index (χ0v) is 28.5. The SMILES string of the molecule is CCCC(NC1CCc2cc(F)cc(F)c2C1)C(=O)Nc1ccc(C(=O)OC)cn1.CCCC(NC1CCc2cc(F)cc(F)c2C1)C(=O)O. The summed E-state index contributed by atoms with van der Waals surface area (Å²) in [6.45, 7) is 3.90. The first-order chi connectivity index (χ1) is 23.9. The minimum absolute atomic E-state index is 0.0740. The molecule has 0 spiro atoms. The molecule has 1 amide bonds. The normalized spacial score (nSPS) is 17.7. The van der Waals surface area contributed by atoms with E-state index in [1.54, 1.807) is 0 Å². The third kappa shape index (κ3) is 10.3. The van der Waals surface area contributed by atoms with Crippen molar-refractivity contribution in [3.8, 4) is 0 Å². The van der Waals surface area contributed by atoms with Crippen molar-refractivity contribution in [2.45, 2.75) is 102 Å². The lowest BCUT2D eigenvalue weighted by molar-refractivity contribution is -0.140. The summed E-state index contributed by atoms with van der Waals surface area (Å²) in [6, 6.07) is 6.36. The van der Waals surface area contributed by atoms with Gasteiger partial charge in [-0.05, 0) is 97.9 Å². The monoisotopic (exact) mass is 700 g/mol. The van der Waals surface area contributed by atoms with Gasteiger partial charge in [-0.2, -0.15) is 0 Å². The van der Waals surface area contributed by atoms with Gasteiger partial charge in [0.25, 0.3) is 0 Å². The molecule has 2 aliphatic carbocycles. The van der Waals surface area contributed by atoms with E-state index in [4.69, 9.17) is 5.11 Å². The maximum Gasteiger partial charge on any atom is 0.339 e. The number of anilines is 1. The molecule has 0 bridgehead atoms. The number of hydrogen-bond acceptors (Lipinski definition) is 7. The summed E-state index contributed by atoms with van der Waals surface area (Å²) in [7, 11) is 1.28. The summed E-state index contributed by atoms with van der Waals surface area (Å²) in [6.07, 6.45) is 7.36. The first-order valence-electron chi connectivity index (χ1n) is 17.0. The maximum absolute atomic E-state index is 14.2. The van der Waals surface area contributed by atoms with Crippen molar-refractivity contribution < 1.29 is 41.8 Å². The number of aromatic nitrogens is 1. The Bertz CT molecular complexity index is 1660. The smallest absolute Gasteiger partial charge is 0.339 e. The van der Waals surface area contributed by atoms with Gasteiger partial charge in [-0.3, -0.25) is 9.59 Å². The number of carboxylic acids is 1. The number of carboxylic acid groups (broad SMARTS) is 1. The maximum atomic E-state index is 14.2. The molecule has 0 saturated heterocycles. The molecular weight excluding hydrogens is 656 g/mol. The molecule has 50 heavy (non-hydrogen) atoms. The Hall–Kier alpha value is -4.36. The number of esters is 1. The van der Waals surface area contributed by atoms with Crippen molar-refractivity contribution in [1.29, 1.82) is 0 Å². The molecule has 1 heterocycles. The van der Waals surface area contributed by atoms with Crippen LogP contribution in [0.5, 0.6) is 0 Å². The van der Waals surface area contributed by atoms with Crippen LogP contribution in [0.2, 0.25) is 0 Å². The highest BCUT2D eigenvalue weighted by Crippen LogP contribution is 2.27. The number of benzene rings is 2. The number of pyridine rings is 1. The molecule has 5 rings (SSSR count). The quantitative estimate of drug-likeness (QED) is 0.133. The largest absolute Gasteiger partial charge is 0.480 e. The van der Waals surface area contributed by atoms with E-state index >= 15 is 0 Å². The summed E-state index contributed by atoms with van der Waals surface area (Å²) in [5.41, 5.74) is 2.70. The van der Waals surface area contributed by atoms with Crippen LogP contribution in [-0.2, 0) is 40.0 Å². The van der Waals surface area contributed by atoms with Gasteiger partial charge in [-0.15, -0.1) is 0 Å². The fourth-order valence-electron chi connectivity index (χ4n) is 6.49. The van der Waals surface area contributed by atoms with Gasteiger partial charge in [0, 0.05) is 30.4 Å².